The van der Waals surface area contributed by atoms with Crippen LogP contribution in [-0.4, -0.2) is 10.8 Å². The number of aryl methyl sites for hydroxylation is 2. The predicted molar refractivity (Wildman–Crippen MR) is 138 cm³/mol. The normalized spacial score (nSPS) is 12.1. The number of aliphatic imine (C=N–C) groups is 1. The van der Waals surface area contributed by atoms with Crippen molar-refractivity contribution in [3.8, 4) is 5.75 Å². The van der Waals surface area contributed by atoms with Crippen LogP contribution < -0.4 is 5.73 Å². The summed E-state index contributed by atoms with van der Waals surface area (Å²) in [5.74, 6) is 0.994. The molecule has 3 aromatic rings. The van der Waals surface area contributed by atoms with E-state index in [1.54, 1.807) is 6.07 Å². The molecule has 3 aromatic carbocycles. The first kappa shape index (κ1) is 23.6. The molecule has 3 N–H and O–H groups in total. The number of hydrogen-bond acceptors (Lipinski definition) is 3. The summed E-state index contributed by atoms with van der Waals surface area (Å²) in [5, 5.41) is 10.2. The number of anilines is 1. The maximum atomic E-state index is 10.2. The molecule has 0 heterocycles. The first-order valence-electron chi connectivity index (χ1n) is 11.4. The molecule has 0 bridgehead atoms. The highest BCUT2D eigenvalue weighted by molar-refractivity contribution is 6.02. The van der Waals surface area contributed by atoms with Gasteiger partial charge in [-0.2, -0.15) is 0 Å². The number of hydrogen-bond donors (Lipinski definition) is 2. The van der Waals surface area contributed by atoms with E-state index in [0.29, 0.717) is 11.8 Å². The van der Waals surface area contributed by atoms with Gasteiger partial charge in [-0.25, -0.2) is 0 Å². The van der Waals surface area contributed by atoms with Gasteiger partial charge >= 0.3 is 0 Å². The van der Waals surface area contributed by atoms with Crippen molar-refractivity contribution in [2.24, 2.45) is 4.99 Å². The summed E-state index contributed by atoms with van der Waals surface area (Å²) in [6.45, 7) is 15.0. The number of nitrogens with zero attached hydrogens (tertiary/aromatic N) is 1. The third-order valence-corrected chi connectivity index (χ3v) is 6.09. The minimum atomic E-state index is 0.258. The fourth-order valence-electron chi connectivity index (χ4n) is 4.30. The van der Waals surface area contributed by atoms with E-state index in [0.717, 1.165) is 40.2 Å². The lowest BCUT2D eigenvalue weighted by Crippen LogP contribution is -2.03. The average molecular weight is 429 g/mol. The Balaban J connectivity index is 2.04. The van der Waals surface area contributed by atoms with Crippen molar-refractivity contribution in [2.45, 2.75) is 66.7 Å². The molecule has 0 aromatic heterocycles. The van der Waals surface area contributed by atoms with Gasteiger partial charge in [0.1, 0.15) is 5.75 Å². The highest BCUT2D eigenvalue weighted by atomic mass is 16.3. The van der Waals surface area contributed by atoms with Crippen molar-refractivity contribution in [1.82, 2.24) is 0 Å². The molecule has 0 radical (unpaired) electrons. The van der Waals surface area contributed by atoms with Gasteiger partial charge in [0.2, 0.25) is 0 Å². The lowest BCUT2D eigenvalue weighted by atomic mass is 9.90. The molecule has 0 spiro atoms. The number of phenols is 1. The lowest BCUT2D eigenvalue weighted by Gasteiger charge is -2.18. The Morgan fingerprint density at radius 3 is 2.03 bits per heavy atom. The molecule has 0 amide bonds. The Kier molecular flexibility index (Phi) is 7.08. The number of para-hydroxylation sites is 1. The second kappa shape index (κ2) is 9.60. The maximum absolute atomic E-state index is 10.2. The van der Waals surface area contributed by atoms with Gasteiger partial charge in [-0.3, -0.25) is 4.99 Å². The molecule has 3 rings (SSSR count). The number of benzene rings is 3. The minimum Gasteiger partial charge on any atom is -0.507 e. The van der Waals surface area contributed by atoms with E-state index in [-0.39, 0.29) is 5.75 Å². The van der Waals surface area contributed by atoms with E-state index in [1.807, 2.05) is 25.1 Å². The molecule has 3 heteroatoms. The van der Waals surface area contributed by atoms with Gasteiger partial charge in [0, 0.05) is 17.0 Å². The van der Waals surface area contributed by atoms with Crippen molar-refractivity contribution in [2.75, 3.05) is 5.73 Å². The largest absolute Gasteiger partial charge is 0.507 e. The van der Waals surface area contributed by atoms with Crippen molar-refractivity contribution in [3.63, 3.8) is 0 Å². The molecule has 0 aliphatic heterocycles. The Hall–Kier alpha value is -3.07. The quantitative estimate of drug-likeness (QED) is 0.314. The molecule has 0 saturated carbocycles. The van der Waals surface area contributed by atoms with Crippen LogP contribution >= 0.6 is 0 Å². The van der Waals surface area contributed by atoms with Crippen LogP contribution in [0.4, 0.5) is 11.4 Å². The number of rotatable bonds is 6. The topological polar surface area (TPSA) is 58.6 Å². The summed E-state index contributed by atoms with van der Waals surface area (Å²) < 4.78 is 0. The standard InChI is InChI=1S/C29H36N2O/c1-17(2)25-15-22(12-19(5)28(25)30)14-23-13-20(6)29(26(16-23)18(3)4)31-21(7)24-10-8-9-11-27(24)32/h8-13,15-18,32H,14,30H2,1-7H3/b31-21+. The third-order valence-electron chi connectivity index (χ3n) is 6.09. The number of nitrogens with two attached hydrogens (primary N) is 1. The van der Waals surface area contributed by atoms with Gasteiger partial charge in [-0.1, -0.05) is 64.1 Å². The molecule has 168 valence electrons. The van der Waals surface area contributed by atoms with Crippen LogP contribution in [0.15, 0.2) is 53.5 Å². The molecule has 32 heavy (non-hydrogen) atoms. The monoisotopic (exact) mass is 428 g/mol. The van der Waals surface area contributed by atoms with Crippen LogP contribution in [0.1, 0.15) is 85.4 Å². The van der Waals surface area contributed by atoms with Crippen LogP contribution in [0, 0.1) is 13.8 Å². The zero-order valence-electron chi connectivity index (χ0n) is 20.5. The Morgan fingerprint density at radius 1 is 0.875 bits per heavy atom. The van der Waals surface area contributed by atoms with E-state index in [2.05, 4.69) is 65.8 Å². The van der Waals surface area contributed by atoms with E-state index >= 15 is 0 Å². The number of aromatic hydroxyl groups is 1. The Bertz CT molecular complexity index is 1160. The van der Waals surface area contributed by atoms with Crippen molar-refractivity contribution in [3.05, 3.63) is 87.5 Å². The number of phenolic OH excluding ortho intramolecular Hbond substituents is 1. The zero-order valence-corrected chi connectivity index (χ0v) is 20.5. The highest BCUT2D eigenvalue weighted by Gasteiger charge is 2.15. The summed E-state index contributed by atoms with van der Waals surface area (Å²) in [6, 6.07) is 16.4. The molecule has 0 atom stereocenters. The van der Waals surface area contributed by atoms with Gasteiger partial charge < -0.3 is 10.8 Å². The summed E-state index contributed by atoms with van der Waals surface area (Å²) in [6.07, 6.45) is 0.865. The smallest absolute Gasteiger partial charge is 0.124 e. The second-order valence-corrected chi connectivity index (χ2v) is 9.47. The molecule has 0 unspecified atom stereocenters. The van der Waals surface area contributed by atoms with E-state index < -0.39 is 0 Å². The molecule has 0 saturated heterocycles. The lowest BCUT2D eigenvalue weighted by molar-refractivity contribution is 0.474. The maximum Gasteiger partial charge on any atom is 0.124 e. The van der Waals surface area contributed by atoms with Crippen LogP contribution in [0.5, 0.6) is 5.75 Å². The molecule has 0 fully saturated rings. The Labute approximate surface area is 193 Å². The fourth-order valence-corrected chi connectivity index (χ4v) is 4.30. The van der Waals surface area contributed by atoms with Crippen LogP contribution in [0.3, 0.4) is 0 Å². The molecule has 0 aliphatic rings. The van der Waals surface area contributed by atoms with E-state index in [4.69, 9.17) is 10.7 Å². The molecular formula is C29H36N2O. The predicted octanol–water partition coefficient (Wildman–Crippen LogP) is 7.57. The first-order valence-corrected chi connectivity index (χ1v) is 11.4. The second-order valence-electron chi connectivity index (χ2n) is 9.47. The Morgan fingerprint density at radius 2 is 1.44 bits per heavy atom. The van der Waals surface area contributed by atoms with Gasteiger partial charge in [0.05, 0.1) is 5.69 Å². The van der Waals surface area contributed by atoms with Gasteiger partial charge in [-0.15, -0.1) is 0 Å². The molecular weight excluding hydrogens is 392 g/mol. The van der Waals surface area contributed by atoms with Crippen LogP contribution in [0.25, 0.3) is 0 Å². The van der Waals surface area contributed by atoms with E-state index in [9.17, 15) is 5.11 Å². The number of nitrogen functional groups attached to an aromatic ring is 1. The average Bonchev–Trinajstić information content (AvgIpc) is 2.72. The molecule has 3 nitrogen and oxygen atoms in total. The fraction of sp³-hybridized carbons (Fsp3) is 0.345. The third kappa shape index (κ3) is 5.04. The summed E-state index contributed by atoms with van der Waals surface area (Å²) in [5.41, 5.74) is 17.1. The first-order chi connectivity index (χ1) is 15.1. The summed E-state index contributed by atoms with van der Waals surface area (Å²) in [4.78, 5) is 4.96. The SMILES string of the molecule is C/C(=N\c1c(C)cc(Cc2cc(C)c(N)c(C(C)C)c2)cc1C(C)C)c1ccccc1O. The van der Waals surface area contributed by atoms with Crippen molar-refractivity contribution < 1.29 is 5.11 Å². The summed E-state index contributed by atoms with van der Waals surface area (Å²) >= 11 is 0. The van der Waals surface area contributed by atoms with Gasteiger partial charge in [-0.05, 0) is 84.5 Å². The zero-order chi connectivity index (χ0) is 23.6. The van der Waals surface area contributed by atoms with E-state index in [1.165, 1.54) is 22.3 Å². The van der Waals surface area contributed by atoms with Crippen LogP contribution in [-0.2, 0) is 6.42 Å². The minimum absolute atomic E-state index is 0.258. The van der Waals surface area contributed by atoms with Gasteiger partial charge in [0.15, 0.2) is 0 Å². The molecule has 0 aliphatic carbocycles. The summed E-state index contributed by atoms with van der Waals surface area (Å²) in [7, 11) is 0. The van der Waals surface area contributed by atoms with Crippen molar-refractivity contribution in [1.29, 1.82) is 0 Å². The van der Waals surface area contributed by atoms with Crippen molar-refractivity contribution >= 4 is 17.1 Å². The van der Waals surface area contributed by atoms with Gasteiger partial charge in [0.25, 0.3) is 0 Å². The highest BCUT2D eigenvalue weighted by Crippen LogP contribution is 2.34. The van der Waals surface area contributed by atoms with Crippen LogP contribution in [0.2, 0.25) is 0 Å².